The summed E-state index contributed by atoms with van der Waals surface area (Å²) in [6.45, 7) is 0. The number of hydrogen-bond acceptors (Lipinski definition) is 4. The zero-order valence-corrected chi connectivity index (χ0v) is 10.4. The molecule has 1 aromatic heterocycles. The molecule has 0 aliphatic heterocycles. The van der Waals surface area contributed by atoms with E-state index in [0.717, 1.165) is 0 Å². The quantitative estimate of drug-likeness (QED) is 0.682. The molecule has 0 saturated carbocycles. The van der Waals surface area contributed by atoms with Crippen molar-refractivity contribution in [2.45, 2.75) is 0 Å². The normalized spacial score (nSPS) is 10.1. The van der Waals surface area contributed by atoms with Crippen molar-refractivity contribution in [3.05, 3.63) is 56.7 Å². The Kier molecular flexibility index (Phi) is 3.64. The van der Waals surface area contributed by atoms with E-state index < -0.39 is 4.92 Å². The van der Waals surface area contributed by atoms with E-state index in [2.05, 4.69) is 10.3 Å². The Bertz CT molecular complexity index is 590. The van der Waals surface area contributed by atoms with Gasteiger partial charge in [-0.2, -0.15) is 0 Å². The molecule has 1 N–H and O–H groups in total. The molecule has 0 unspecified atom stereocenters. The summed E-state index contributed by atoms with van der Waals surface area (Å²) in [4.78, 5) is 14.4. The second-order valence-electron chi connectivity index (χ2n) is 3.38. The molecule has 1 heterocycles. The molecule has 0 aliphatic rings. The van der Waals surface area contributed by atoms with Gasteiger partial charge in [0.1, 0.15) is 11.5 Å². The third-order valence-electron chi connectivity index (χ3n) is 2.16. The first-order valence-electron chi connectivity index (χ1n) is 4.89. The molecule has 2 aromatic rings. The number of hydrogen-bond donors (Lipinski definition) is 1. The van der Waals surface area contributed by atoms with Gasteiger partial charge < -0.3 is 5.32 Å². The smallest absolute Gasteiger partial charge is 0.294 e. The summed E-state index contributed by atoms with van der Waals surface area (Å²) in [6, 6.07) is 7.80. The van der Waals surface area contributed by atoms with E-state index in [9.17, 15) is 10.1 Å². The number of nitrogens with zero attached hydrogens (tertiary/aromatic N) is 2. The zero-order valence-electron chi connectivity index (χ0n) is 8.93. The lowest BCUT2D eigenvalue weighted by Gasteiger charge is -2.07. The first-order chi connectivity index (χ1) is 8.58. The lowest BCUT2D eigenvalue weighted by molar-refractivity contribution is -0.383. The maximum absolute atomic E-state index is 10.9. The molecule has 1 aromatic carbocycles. The molecule has 0 bridgehead atoms. The molecular weight excluding hydrogens is 277 g/mol. The van der Waals surface area contributed by atoms with Crippen molar-refractivity contribution in [3.63, 3.8) is 0 Å². The van der Waals surface area contributed by atoms with Crippen molar-refractivity contribution in [3.8, 4) is 0 Å². The largest absolute Gasteiger partial charge is 0.335 e. The van der Waals surface area contributed by atoms with Crippen LogP contribution in [0.2, 0.25) is 10.0 Å². The predicted octanol–water partition coefficient (Wildman–Crippen LogP) is 4.04. The van der Waals surface area contributed by atoms with Crippen molar-refractivity contribution in [1.29, 1.82) is 0 Å². The van der Waals surface area contributed by atoms with Crippen LogP contribution in [-0.2, 0) is 0 Å². The Morgan fingerprint density at radius 3 is 2.56 bits per heavy atom. The highest BCUT2D eigenvalue weighted by molar-refractivity contribution is 6.42. The minimum atomic E-state index is -0.534. The van der Waals surface area contributed by atoms with Crippen LogP contribution >= 0.6 is 23.2 Å². The summed E-state index contributed by atoms with van der Waals surface area (Å²) in [5.74, 6) is 0.485. The molecule has 0 amide bonds. The average molecular weight is 284 g/mol. The van der Waals surface area contributed by atoms with Crippen LogP contribution in [-0.4, -0.2) is 9.91 Å². The third kappa shape index (κ3) is 2.69. The van der Waals surface area contributed by atoms with Gasteiger partial charge in [-0.1, -0.05) is 29.3 Å². The maximum Gasteiger partial charge on any atom is 0.294 e. The fourth-order valence-corrected chi connectivity index (χ4v) is 1.68. The van der Waals surface area contributed by atoms with Crippen molar-refractivity contribution >= 4 is 40.4 Å². The van der Waals surface area contributed by atoms with E-state index in [0.29, 0.717) is 5.82 Å². The highest BCUT2D eigenvalue weighted by Crippen LogP contribution is 2.35. The fraction of sp³-hybridized carbons (Fsp3) is 0. The van der Waals surface area contributed by atoms with E-state index in [1.807, 2.05) is 0 Å². The van der Waals surface area contributed by atoms with Gasteiger partial charge in [0.15, 0.2) is 0 Å². The predicted molar refractivity (Wildman–Crippen MR) is 70.6 cm³/mol. The second-order valence-corrected chi connectivity index (χ2v) is 4.19. The Morgan fingerprint density at radius 2 is 1.94 bits per heavy atom. The summed E-state index contributed by atoms with van der Waals surface area (Å²) in [5.41, 5.74) is 0.0863. The van der Waals surface area contributed by atoms with Gasteiger partial charge in [-0.15, -0.1) is 0 Å². The first-order valence-corrected chi connectivity index (χ1v) is 5.65. The van der Waals surface area contributed by atoms with Crippen molar-refractivity contribution in [2.75, 3.05) is 5.32 Å². The highest BCUT2D eigenvalue weighted by atomic mass is 35.5. The third-order valence-corrected chi connectivity index (χ3v) is 2.89. The van der Waals surface area contributed by atoms with Gasteiger partial charge in [-0.25, -0.2) is 4.98 Å². The average Bonchev–Trinajstić information content (AvgIpc) is 2.34. The summed E-state index contributed by atoms with van der Waals surface area (Å²) in [7, 11) is 0. The fourth-order valence-electron chi connectivity index (χ4n) is 1.36. The Morgan fingerprint density at radius 1 is 1.22 bits per heavy atom. The van der Waals surface area contributed by atoms with Crippen LogP contribution in [0.1, 0.15) is 0 Å². The molecule has 0 radical (unpaired) electrons. The molecule has 5 nitrogen and oxygen atoms in total. The van der Waals surface area contributed by atoms with Crippen molar-refractivity contribution in [1.82, 2.24) is 4.98 Å². The van der Waals surface area contributed by atoms with Gasteiger partial charge in [0.2, 0.25) is 0 Å². The number of aromatic nitrogens is 1. The zero-order chi connectivity index (χ0) is 13.1. The van der Waals surface area contributed by atoms with Gasteiger partial charge in [0, 0.05) is 12.3 Å². The molecule has 7 heteroatoms. The minimum absolute atomic E-state index is 0.134. The van der Waals surface area contributed by atoms with Crippen LogP contribution < -0.4 is 5.32 Å². The number of benzene rings is 1. The van der Waals surface area contributed by atoms with Gasteiger partial charge in [-0.05, 0) is 18.2 Å². The molecule has 18 heavy (non-hydrogen) atoms. The maximum atomic E-state index is 10.9. The molecule has 0 aliphatic carbocycles. The molecule has 0 fully saturated rings. The molecular formula is C11H7Cl2N3O2. The lowest BCUT2D eigenvalue weighted by Crippen LogP contribution is -1.98. The number of nitro groups is 1. The van der Waals surface area contributed by atoms with Crippen molar-refractivity contribution in [2.24, 2.45) is 0 Å². The minimum Gasteiger partial charge on any atom is -0.335 e. The van der Waals surface area contributed by atoms with E-state index in [1.54, 1.807) is 24.4 Å². The second kappa shape index (κ2) is 5.20. The SMILES string of the molecule is O=[N+]([O-])c1cc(Cl)c(Cl)cc1Nc1ccccn1. The van der Waals surface area contributed by atoms with Crippen LogP contribution in [0.3, 0.4) is 0 Å². The summed E-state index contributed by atoms with van der Waals surface area (Å²) >= 11 is 11.6. The Hall–Kier alpha value is -1.85. The molecule has 0 atom stereocenters. The van der Waals surface area contributed by atoms with Gasteiger partial charge >= 0.3 is 0 Å². The lowest BCUT2D eigenvalue weighted by atomic mass is 10.2. The molecule has 0 saturated heterocycles. The van der Waals surface area contributed by atoms with Crippen LogP contribution in [0.4, 0.5) is 17.2 Å². The van der Waals surface area contributed by atoms with E-state index in [4.69, 9.17) is 23.2 Å². The van der Waals surface area contributed by atoms with Crippen LogP contribution in [0.25, 0.3) is 0 Å². The topological polar surface area (TPSA) is 68.1 Å². The standard InChI is InChI=1S/C11H7Cl2N3O2/c12-7-5-9(10(16(17)18)6-8(7)13)15-11-3-1-2-4-14-11/h1-6H,(H,14,15). The number of nitro benzene ring substituents is 1. The summed E-state index contributed by atoms with van der Waals surface area (Å²) in [5, 5.41) is 14.1. The monoisotopic (exact) mass is 283 g/mol. The number of anilines is 2. The van der Waals surface area contributed by atoms with Crippen LogP contribution in [0.5, 0.6) is 0 Å². The number of nitrogens with one attached hydrogen (secondary N) is 1. The Labute approximate surface area is 113 Å². The van der Waals surface area contributed by atoms with E-state index in [1.165, 1.54) is 12.1 Å². The van der Waals surface area contributed by atoms with Crippen LogP contribution in [0, 0.1) is 10.1 Å². The van der Waals surface area contributed by atoms with E-state index >= 15 is 0 Å². The molecule has 2 rings (SSSR count). The molecule has 0 spiro atoms. The number of pyridine rings is 1. The van der Waals surface area contributed by atoms with E-state index in [-0.39, 0.29) is 21.4 Å². The van der Waals surface area contributed by atoms with Crippen LogP contribution in [0.15, 0.2) is 36.5 Å². The van der Waals surface area contributed by atoms with Gasteiger partial charge in [0.25, 0.3) is 5.69 Å². The summed E-state index contributed by atoms with van der Waals surface area (Å²) in [6.07, 6.45) is 1.58. The number of halogens is 2. The number of rotatable bonds is 3. The van der Waals surface area contributed by atoms with Crippen molar-refractivity contribution < 1.29 is 4.92 Å². The first kappa shape index (κ1) is 12.6. The molecule has 92 valence electrons. The Balaban J connectivity index is 2.43. The summed E-state index contributed by atoms with van der Waals surface area (Å²) < 4.78 is 0. The van der Waals surface area contributed by atoms with Gasteiger partial charge in [0.05, 0.1) is 15.0 Å². The highest BCUT2D eigenvalue weighted by Gasteiger charge is 2.17. The van der Waals surface area contributed by atoms with Gasteiger partial charge in [-0.3, -0.25) is 10.1 Å².